The van der Waals surface area contributed by atoms with E-state index in [1.54, 1.807) is 6.20 Å². The molecule has 0 amide bonds. The Bertz CT molecular complexity index is 495. The van der Waals surface area contributed by atoms with Crippen LogP contribution in [0, 0.1) is 6.92 Å². The first-order chi connectivity index (χ1) is 9.17. The molecule has 0 aliphatic carbocycles. The van der Waals surface area contributed by atoms with E-state index in [0.29, 0.717) is 5.15 Å². The lowest BCUT2D eigenvalue weighted by Gasteiger charge is -2.20. The molecule has 2 aromatic heterocycles. The largest absolute Gasteiger partial charge is 0.294 e. The molecule has 0 saturated carbocycles. The molecule has 0 radical (unpaired) electrons. The predicted octanol–water partition coefficient (Wildman–Crippen LogP) is 3.46. The second kappa shape index (κ2) is 6.64. The van der Waals surface area contributed by atoms with Gasteiger partial charge in [0.1, 0.15) is 5.15 Å². The van der Waals surface area contributed by atoms with Crippen LogP contribution in [0.4, 0.5) is 0 Å². The van der Waals surface area contributed by atoms with Gasteiger partial charge >= 0.3 is 0 Å². The standard InChI is InChI=1S/C15H18ClN3/c1-3-19(10-13-7-8-17-15(16)9-13)11-14-6-4-5-12(2)18-14/h4-9H,3,10-11H2,1-2H3. The number of aryl methyl sites for hydroxylation is 1. The van der Waals surface area contributed by atoms with Gasteiger partial charge in [-0.05, 0) is 43.3 Å². The molecule has 0 atom stereocenters. The first-order valence-electron chi connectivity index (χ1n) is 6.42. The fourth-order valence-corrected chi connectivity index (χ4v) is 2.19. The molecule has 0 bridgehead atoms. The zero-order valence-electron chi connectivity index (χ0n) is 11.3. The van der Waals surface area contributed by atoms with Crippen molar-refractivity contribution in [2.75, 3.05) is 6.54 Å². The minimum atomic E-state index is 0.544. The van der Waals surface area contributed by atoms with Crippen LogP contribution in [0.2, 0.25) is 5.15 Å². The fourth-order valence-electron chi connectivity index (χ4n) is 2.00. The topological polar surface area (TPSA) is 29.0 Å². The molecule has 0 spiro atoms. The Labute approximate surface area is 119 Å². The highest BCUT2D eigenvalue weighted by molar-refractivity contribution is 6.29. The summed E-state index contributed by atoms with van der Waals surface area (Å²) in [5.41, 5.74) is 3.33. The van der Waals surface area contributed by atoms with Crippen LogP contribution in [0.3, 0.4) is 0 Å². The summed E-state index contributed by atoms with van der Waals surface area (Å²) in [7, 11) is 0. The van der Waals surface area contributed by atoms with Gasteiger partial charge in [-0.15, -0.1) is 0 Å². The summed E-state index contributed by atoms with van der Waals surface area (Å²) < 4.78 is 0. The number of aromatic nitrogens is 2. The molecule has 2 rings (SSSR count). The van der Waals surface area contributed by atoms with Crippen molar-refractivity contribution in [1.82, 2.24) is 14.9 Å². The van der Waals surface area contributed by atoms with E-state index >= 15 is 0 Å². The first kappa shape index (κ1) is 14.0. The SMILES string of the molecule is CCN(Cc1ccnc(Cl)c1)Cc1cccc(C)n1. The van der Waals surface area contributed by atoms with Crippen LogP contribution in [0.25, 0.3) is 0 Å². The molecule has 0 unspecified atom stereocenters. The lowest BCUT2D eigenvalue weighted by atomic mass is 10.2. The van der Waals surface area contributed by atoms with Gasteiger partial charge in [0.05, 0.1) is 5.69 Å². The Kier molecular flexibility index (Phi) is 4.88. The minimum Gasteiger partial charge on any atom is -0.294 e. The number of rotatable bonds is 5. The zero-order chi connectivity index (χ0) is 13.7. The van der Waals surface area contributed by atoms with E-state index < -0.39 is 0 Å². The van der Waals surface area contributed by atoms with Gasteiger partial charge in [0.15, 0.2) is 0 Å². The summed E-state index contributed by atoms with van der Waals surface area (Å²) in [5, 5.41) is 0.544. The molecule has 100 valence electrons. The third kappa shape index (κ3) is 4.30. The van der Waals surface area contributed by atoms with Crippen LogP contribution in [0.5, 0.6) is 0 Å². The second-order valence-corrected chi connectivity index (χ2v) is 4.95. The summed E-state index contributed by atoms with van der Waals surface area (Å²) >= 11 is 5.91. The molecule has 0 fully saturated rings. The third-order valence-electron chi connectivity index (χ3n) is 2.98. The highest BCUT2D eigenvalue weighted by Crippen LogP contribution is 2.12. The van der Waals surface area contributed by atoms with Crippen molar-refractivity contribution in [3.63, 3.8) is 0 Å². The van der Waals surface area contributed by atoms with E-state index in [-0.39, 0.29) is 0 Å². The number of hydrogen-bond acceptors (Lipinski definition) is 3. The van der Waals surface area contributed by atoms with Gasteiger partial charge in [-0.25, -0.2) is 4.98 Å². The van der Waals surface area contributed by atoms with E-state index in [2.05, 4.69) is 33.9 Å². The number of hydrogen-bond donors (Lipinski definition) is 0. The third-order valence-corrected chi connectivity index (χ3v) is 3.18. The monoisotopic (exact) mass is 275 g/mol. The van der Waals surface area contributed by atoms with Crippen LogP contribution in [0.1, 0.15) is 23.9 Å². The molecule has 0 aliphatic heterocycles. The smallest absolute Gasteiger partial charge is 0.129 e. The zero-order valence-corrected chi connectivity index (χ0v) is 12.1. The van der Waals surface area contributed by atoms with E-state index in [1.165, 1.54) is 5.56 Å². The lowest BCUT2D eigenvalue weighted by molar-refractivity contribution is 0.268. The fraction of sp³-hybridized carbons (Fsp3) is 0.333. The summed E-state index contributed by atoms with van der Waals surface area (Å²) in [4.78, 5) is 10.9. The molecular weight excluding hydrogens is 258 g/mol. The predicted molar refractivity (Wildman–Crippen MR) is 78.0 cm³/mol. The maximum atomic E-state index is 5.91. The quantitative estimate of drug-likeness (QED) is 0.783. The summed E-state index contributed by atoms with van der Waals surface area (Å²) in [6, 6.07) is 10.0. The maximum Gasteiger partial charge on any atom is 0.129 e. The summed E-state index contributed by atoms with van der Waals surface area (Å²) in [6.07, 6.45) is 1.75. The minimum absolute atomic E-state index is 0.544. The van der Waals surface area contributed by atoms with Crippen molar-refractivity contribution in [2.45, 2.75) is 26.9 Å². The van der Waals surface area contributed by atoms with Crippen LogP contribution < -0.4 is 0 Å². The molecule has 2 heterocycles. The van der Waals surface area contributed by atoms with Gasteiger partial charge in [0.2, 0.25) is 0 Å². The Morgan fingerprint density at radius 3 is 2.74 bits per heavy atom. The van der Waals surface area contributed by atoms with E-state index in [0.717, 1.165) is 31.0 Å². The molecule has 0 aromatic carbocycles. The van der Waals surface area contributed by atoms with Gasteiger partial charge in [-0.2, -0.15) is 0 Å². The number of halogens is 1. The Hall–Kier alpha value is -1.45. The second-order valence-electron chi connectivity index (χ2n) is 4.56. The van der Waals surface area contributed by atoms with Crippen molar-refractivity contribution in [2.24, 2.45) is 0 Å². The van der Waals surface area contributed by atoms with Crippen molar-refractivity contribution >= 4 is 11.6 Å². The van der Waals surface area contributed by atoms with E-state index in [1.807, 2.05) is 25.1 Å². The lowest BCUT2D eigenvalue weighted by Crippen LogP contribution is -2.23. The van der Waals surface area contributed by atoms with Crippen molar-refractivity contribution in [3.8, 4) is 0 Å². The van der Waals surface area contributed by atoms with Crippen LogP contribution >= 0.6 is 11.6 Å². The average Bonchev–Trinajstić information content (AvgIpc) is 2.38. The normalized spacial score (nSPS) is 10.9. The highest BCUT2D eigenvalue weighted by Gasteiger charge is 2.06. The molecule has 3 nitrogen and oxygen atoms in total. The molecule has 0 aliphatic rings. The van der Waals surface area contributed by atoms with Gasteiger partial charge < -0.3 is 0 Å². The molecular formula is C15H18ClN3. The van der Waals surface area contributed by atoms with Crippen LogP contribution in [-0.4, -0.2) is 21.4 Å². The molecule has 0 N–H and O–H groups in total. The van der Waals surface area contributed by atoms with Crippen molar-refractivity contribution < 1.29 is 0 Å². The average molecular weight is 276 g/mol. The van der Waals surface area contributed by atoms with Crippen LogP contribution in [-0.2, 0) is 13.1 Å². The van der Waals surface area contributed by atoms with Crippen LogP contribution in [0.15, 0.2) is 36.5 Å². The number of nitrogens with zero attached hydrogens (tertiary/aromatic N) is 3. The van der Waals surface area contributed by atoms with Gasteiger partial charge in [0, 0.05) is 25.0 Å². The van der Waals surface area contributed by atoms with E-state index in [4.69, 9.17) is 11.6 Å². The maximum absolute atomic E-state index is 5.91. The molecule has 0 saturated heterocycles. The molecule has 4 heteroatoms. The van der Waals surface area contributed by atoms with Crippen molar-refractivity contribution in [3.05, 3.63) is 58.6 Å². The highest BCUT2D eigenvalue weighted by atomic mass is 35.5. The first-order valence-corrected chi connectivity index (χ1v) is 6.80. The number of pyridine rings is 2. The Morgan fingerprint density at radius 1 is 1.21 bits per heavy atom. The van der Waals surface area contributed by atoms with E-state index in [9.17, 15) is 0 Å². The molecule has 19 heavy (non-hydrogen) atoms. The Balaban J connectivity index is 2.04. The summed E-state index contributed by atoms with van der Waals surface area (Å²) in [6.45, 7) is 6.84. The van der Waals surface area contributed by atoms with Gasteiger partial charge in [0.25, 0.3) is 0 Å². The van der Waals surface area contributed by atoms with Crippen molar-refractivity contribution in [1.29, 1.82) is 0 Å². The van der Waals surface area contributed by atoms with Gasteiger partial charge in [-0.1, -0.05) is 24.6 Å². The van der Waals surface area contributed by atoms with Gasteiger partial charge in [-0.3, -0.25) is 9.88 Å². The Morgan fingerprint density at radius 2 is 2.05 bits per heavy atom. The molecule has 2 aromatic rings. The summed E-state index contributed by atoms with van der Waals surface area (Å²) in [5.74, 6) is 0.